The number of non-ortho nitro benzene ring substituents is 1. The number of rotatable bonds is 23. The predicted molar refractivity (Wildman–Crippen MR) is 202 cm³/mol. The lowest BCUT2D eigenvalue weighted by atomic mass is 9.85. The maximum atomic E-state index is 12.8. The van der Waals surface area contributed by atoms with Crippen molar-refractivity contribution in [3.8, 4) is 11.5 Å². The maximum absolute atomic E-state index is 12.8. The standard InChI is InChI=1S/C39H54N6O6/c1-7-10-11-12-13-14-15-16-25-44(26-27-51-38(46)39(4,8-2)9-3)32-21-17-30(18-22-32)40-42-34-28-37(50-6)35(29-36(34)49-5)43-41-31-19-23-33(24-20-31)45(47)48/h17-24,28-29H,7-16,25-27H2,1-6H3/b42-40+,43-41+. The number of anilines is 1. The topological polar surface area (TPSA) is 141 Å². The van der Waals surface area contributed by atoms with E-state index >= 15 is 0 Å². The van der Waals surface area contributed by atoms with E-state index < -0.39 is 10.3 Å². The van der Waals surface area contributed by atoms with Crippen LogP contribution in [0.3, 0.4) is 0 Å². The molecular weight excluding hydrogens is 648 g/mol. The fourth-order valence-electron chi connectivity index (χ4n) is 5.38. The molecule has 0 N–H and O–H groups in total. The van der Waals surface area contributed by atoms with Crippen molar-refractivity contribution in [1.82, 2.24) is 0 Å². The fraction of sp³-hybridized carbons (Fsp3) is 0.513. The summed E-state index contributed by atoms with van der Waals surface area (Å²) < 4.78 is 16.9. The zero-order valence-corrected chi connectivity index (χ0v) is 31.1. The molecule has 0 saturated heterocycles. The van der Waals surface area contributed by atoms with E-state index in [-0.39, 0.29) is 11.7 Å². The van der Waals surface area contributed by atoms with E-state index in [0.29, 0.717) is 47.4 Å². The fourth-order valence-corrected chi connectivity index (χ4v) is 5.38. The van der Waals surface area contributed by atoms with Gasteiger partial charge in [-0.1, -0.05) is 65.7 Å². The molecule has 0 unspecified atom stereocenters. The number of nitrogens with zero attached hydrogens (tertiary/aromatic N) is 6. The number of unbranched alkanes of at least 4 members (excludes halogenated alkanes) is 7. The molecule has 0 aromatic heterocycles. The Bertz CT molecular complexity index is 1570. The molecule has 276 valence electrons. The number of carbonyl (C=O) groups excluding carboxylic acids is 1. The van der Waals surface area contributed by atoms with Gasteiger partial charge in [-0.3, -0.25) is 14.9 Å². The first kappa shape index (κ1) is 40.6. The van der Waals surface area contributed by atoms with Gasteiger partial charge in [-0.25, -0.2) is 0 Å². The van der Waals surface area contributed by atoms with Crippen LogP contribution in [0, 0.1) is 15.5 Å². The molecule has 0 bridgehead atoms. The third kappa shape index (κ3) is 12.8. The summed E-state index contributed by atoms with van der Waals surface area (Å²) in [5.41, 5.74) is 2.48. The number of methoxy groups -OCH3 is 2. The normalized spacial score (nSPS) is 11.6. The van der Waals surface area contributed by atoms with E-state index in [1.165, 1.54) is 83.4 Å². The average Bonchev–Trinajstić information content (AvgIpc) is 3.16. The highest BCUT2D eigenvalue weighted by molar-refractivity contribution is 5.76. The summed E-state index contributed by atoms with van der Waals surface area (Å²) in [5, 5.41) is 28.2. The largest absolute Gasteiger partial charge is 0.494 e. The van der Waals surface area contributed by atoms with E-state index in [9.17, 15) is 14.9 Å². The highest BCUT2D eigenvalue weighted by Crippen LogP contribution is 2.41. The third-order valence-electron chi connectivity index (χ3n) is 9.23. The maximum Gasteiger partial charge on any atom is 0.311 e. The van der Waals surface area contributed by atoms with Gasteiger partial charge in [-0.15, -0.1) is 10.2 Å². The summed E-state index contributed by atoms with van der Waals surface area (Å²) in [6.07, 6.45) is 11.4. The second-order valence-corrected chi connectivity index (χ2v) is 12.8. The molecule has 0 aliphatic carbocycles. The molecular formula is C39H54N6O6. The summed E-state index contributed by atoms with van der Waals surface area (Å²) in [6.45, 7) is 10.1. The van der Waals surface area contributed by atoms with Gasteiger partial charge in [0, 0.05) is 36.5 Å². The quantitative estimate of drug-likeness (QED) is 0.0315. The molecule has 0 aliphatic heterocycles. The van der Waals surface area contributed by atoms with E-state index in [0.717, 1.165) is 31.5 Å². The first-order valence-electron chi connectivity index (χ1n) is 18.0. The number of ether oxygens (including phenoxy) is 3. The molecule has 0 spiro atoms. The molecule has 51 heavy (non-hydrogen) atoms. The Balaban J connectivity index is 1.71. The van der Waals surface area contributed by atoms with E-state index in [1.54, 1.807) is 12.1 Å². The number of azo groups is 2. The number of hydrogen-bond acceptors (Lipinski definition) is 11. The van der Waals surface area contributed by atoms with Crippen LogP contribution in [0.5, 0.6) is 11.5 Å². The van der Waals surface area contributed by atoms with Crippen LogP contribution in [0.4, 0.5) is 34.1 Å². The molecule has 12 nitrogen and oxygen atoms in total. The lowest BCUT2D eigenvalue weighted by Gasteiger charge is -2.27. The van der Waals surface area contributed by atoms with Crippen LogP contribution >= 0.6 is 0 Å². The first-order valence-corrected chi connectivity index (χ1v) is 18.0. The minimum absolute atomic E-state index is 0.0293. The number of nitro groups is 1. The molecule has 0 atom stereocenters. The van der Waals surface area contributed by atoms with Gasteiger partial charge >= 0.3 is 5.97 Å². The monoisotopic (exact) mass is 702 g/mol. The van der Waals surface area contributed by atoms with Crippen LogP contribution in [-0.2, 0) is 9.53 Å². The van der Waals surface area contributed by atoms with Crippen molar-refractivity contribution in [3.63, 3.8) is 0 Å². The van der Waals surface area contributed by atoms with Crippen LogP contribution in [0.15, 0.2) is 81.1 Å². The Morgan fingerprint density at radius 2 is 1.22 bits per heavy atom. The van der Waals surface area contributed by atoms with Crippen molar-refractivity contribution in [3.05, 3.63) is 70.8 Å². The molecule has 0 radical (unpaired) electrons. The van der Waals surface area contributed by atoms with Crippen molar-refractivity contribution in [2.24, 2.45) is 25.9 Å². The number of nitro benzene ring substituents is 1. The summed E-state index contributed by atoms with van der Waals surface area (Å²) >= 11 is 0. The lowest BCUT2D eigenvalue weighted by molar-refractivity contribution is -0.384. The number of benzene rings is 3. The van der Waals surface area contributed by atoms with Gasteiger partial charge in [0.1, 0.15) is 29.5 Å². The van der Waals surface area contributed by atoms with Gasteiger partial charge in [-0.2, -0.15) is 10.2 Å². The Kier molecular flexibility index (Phi) is 17.0. The van der Waals surface area contributed by atoms with Gasteiger partial charge in [-0.05, 0) is 62.6 Å². The molecule has 12 heteroatoms. The summed E-state index contributed by atoms with van der Waals surface area (Å²) in [4.78, 5) is 25.5. The van der Waals surface area contributed by atoms with Crippen LogP contribution in [0.25, 0.3) is 0 Å². The smallest absolute Gasteiger partial charge is 0.311 e. The van der Waals surface area contributed by atoms with Gasteiger partial charge in [0.05, 0.1) is 42.5 Å². The highest BCUT2D eigenvalue weighted by Gasteiger charge is 2.30. The minimum atomic E-state index is -0.471. The molecule has 0 aliphatic rings. The van der Waals surface area contributed by atoms with Crippen LogP contribution in [0.1, 0.15) is 91.9 Å². The van der Waals surface area contributed by atoms with E-state index in [2.05, 4.69) is 32.3 Å². The summed E-state index contributed by atoms with van der Waals surface area (Å²) in [5.74, 6) is 0.686. The zero-order chi connectivity index (χ0) is 37.1. The van der Waals surface area contributed by atoms with Gasteiger partial charge in [0.25, 0.3) is 5.69 Å². The highest BCUT2D eigenvalue weighted by atomic mass is 16.6. The van der Waals surface area contributed by atoms with E-state index in [4.69, 9.17) is 14.2 Å². The molecule has 3 aromatic carbocycles. The predicted octanol–water partition coefficient (Wildman–Crippen LogP) is 11.8. The second kappa shape index (κ2) is 21.4. The molecule has 0 amide bonds. The van der Waals surface area contributed by atoms with Crippen molar-refractivity contribution in [2.75, 3.05) is 38.8 Å². The summed E-state index contributed by atoms with van der Waals surface area (Å²) in [7, 11) is 3.04. The zero-order valence-electron chi connectivity index (χ0n) is 31.1. The Labute approximate surface area is 302 Å². The number of esters is 1. The Morgan fingerprint density at radius 1 is 0.725 bits per heavy atom. The molecule has 3 rings (SSSR count). The molecule has 0 fully saturated rings. The second-order valence-electron chi connectivity index (χ2n) is 12.8. The van der Waals surface area contributed by atoms with Crippen LogP contribution in [-0.4, -0.2) is 44.8 Å². The SMILES string of the molecule is CCCCCCCCCCN(CCOC(=O)C(C)(CC)CC)c1ccc(/N=N/c2cc(OC)c(/N=N/c3ccc([N+](=O)[O-])cc3)cc2OC)cc1. The molecule has 0 heterocycles. The first-order chi connectivity index (χ1) is 24.7. The van der Waals surface area contributed by atoms with Crippen LogP contribution < -0.4 is 14.4 Å². The Hall–Kier alpha value is -4.87. The van der Waals surface area contributed by atoms with Crippen LogP contribution in [0.2, 0.25) is 0 Å². The molecule has 3 aromatic rings. The number of hydrogen-bond donors (Lipinski definition) is 0. The Morgan fingerprint density at radius 3 is 1.69 bits per heavy atom. The lowest BCUT2D eigenvalue weighted by Crippen LogP contribution is -2.33. The van der Waals surface area contributed by atoms with Crippen molar-refractivity contribution in [2.45, 2.75) is 91.9 Å². The molecule has 0 saturated carbocycles. The van der Waals surface area contributed by atoms with Gasteiger partial charge in [0.2, 0.25) is 0 Å². The van der Waals surface area contributed by atoms with E-state index in [1.807, 2.05) is 45.0 Å². The average molecular weight is 703 g/mol. The number of carbonyl (C=O) groups is 1. The van der Waals surface area contributed by atoms with Gasteiger partial charge < -0.3 is 19.1 Å². The third-order valence-corrected chi connectivity index (χ3v) is 9.23. The van der Waals surface area contributed by atoms with Crippen molar-refractivity contribution in [1.29, 1.82) is 0 Å². The van der Waals surface area contributed by atoms with Crippen molar-refractivity contribution < 1.29 is 23.9 Å². The van der Waals surface area contributed by atoms with Crippen molar-refractivity contribution >= 4 is 40.1 Å². The van der Waals surface area contributed by atoms with Gasteiger partial charge in [0.15, 0.2) is 0 Å². The summed E-state index contributed by atoms with van der Waals surface area (Å²) in [6, 6.07) is 16.9. The minimum Gasteiger partial charge on any atom is -0.494 e.